The third-order valence-electron chi connectivity index (χ3n) is 1.35. The zero-order valence-electron chi connectivity index (χ0n) is 7.66. The van der Waals surface area contributed by atoms with Crippen LogP contribution in [-0.4, -0.2) is 11.9 Å². The third-order valence-corrected chi connectivity index (χ3v) is 1.59. The summed E-state index contributed by atoms with van der Waals surface area (Å²) in [7, 11) is 0. The van der Waals surface area contributed by atoms with Crippen LogP contribution in [0.15, 0.2) is 36.9 Å². The highest BCUT2D eigenvalue weighted by Crippen LogP contribution is 2.16. The molecule has 76 valence electrons. The van der Waals surface area contributed by atoms with Crippen LogP contribution >= 0.6 is 11.6 Å². The first-order chi connectivity index (χ1) is 6.52. The van der Waals surface area contributed by atoms with Crippen LogP contribution in [0.25, 0.3) is 0 Å². The van der Waals surface area contributed by atoms with Gasteiger partial charge in [0.05, 0.1) is 6.42 Å². The van der Waals surface area contributed by atoms with Gasteiger partial charge in [-0.3, -0.25) is 9.59 Å². The van der Waals surface area contributed by atoms with Crippen molar-refractivity contribution in [3.8, 4) is 0 Å². The van der Waals surface area contributed by atoms with E-state index in [1.165, 1.54) is 12.2 Å². The molecule has 0 aromatic rings. The van der Waals surface area contributed by atoms with Crippen molar-refractivity contribution in [2.24, 2.45) is 5.92 Å². The van der Waals surface area contributed by atoms with Crippen molar-refractivity contribution in [1.82, 2.24) is 0 Å². The van der Waals surface area contributed by atoms with Gasteiger partial charge in [0.1, 0.15) is 5.92 Å². The summed E-state index contributed by atoms with van der Waals surface area (Å²) in [5.41, 5.74) is 0. The summed E-state index contributed by atoms with van der Waals surface area (Å²) < 4.78 is 4.44. The molecule has 0 radical (unpaired) electrons. The Kier molecular flexibility index (Phi) is 5.56. The first-order valence-electron chi connectivity index (χ1n) is 3.85. The number of hydrogen-bond donors (Lipinski definition) is 0. The zero-order valence-corrected chi connectivity index (χ0v) is 8.42. The molecule has 1 atom stereocenters. The molecule has 0 aromatic carbocycles. The van der Waals surface area contributed by atoms with E-state index < -0.39 is 17.9 Å². The average molecular weight is 215 g/mol. The molecule has 0 fully saturated rings. The summed E-state index contributed by atoms with van der Waals surface area (Å²) in [6.07, 6.45) is 2.58. The van der Waals surface area contributed by atoms with Crippen LogP contribution in [0.3, 0.4) is 0 Å². The lowest BCUT2D eigenvalue weighted by Crippen LogP contribution is -2.19. The van der Waals surface area contributed by atoms with E-state index in [1.807, 2.05) is 0 Å². The van der Waals surface area contributed by atoms with Crippen molar-refractivity contribution >= 4 is 23.5 Å². The maximum absolute atomic E-state index is 11.2. The van der Waals surface area contributed by atoms with Gasteiger partial charge in [-0.15, -0.1) is 13.2 Å². The highest BCUT2D eigenvalue weighted by molar-refractivity contribution is 6.31. The number of carbonyl (C=O) groups excluding carboxylic acids is 2. The minimum absolute atomic E-state index is 0.0234. The van der Waals surface area contributed by atoms with Crippen LogP contribution in [-0.2, 0) is 14.3 Å². The highest BCUT2D eigenvalue weighted by atomic mass is 35.5. The molecule has 0 aliphatic rings. The van der Waals surface area contributed by atoms with Crippen LogP contribution in [0.4, 0.5) is 0 Å². The molecule has 14 heavy (non-hydrogen) atoms. The van der Waals surface area contributed by atoms with E-state index in [0.717, 1.165) is 0 Å². The molecule has 0 spiro atoms. The lowest BCUT2D eigenvalue weighted by molar-refractivity contribution is -0.160. The monoisotopic (exact) mass is 214 g/mol. The van der Waals surface area contributed by atoms with Gasteiger partial charge in [-0.1, -0.05) is 30.3 Å². The van der Waals surface area contributed by atoms with Gasteiger partial charge in [0.15, 0.2) is 0 Å². The van der Waals surface area contributed by atoms with Crippen LogP contribution in [0.5, 0.6) is 0 Å². The van der Waals surface area contributed by atoms with Crippen molar-refractivity contribution in [3.05, 3.63) is 36.9 Å². The standard InChI is InChI=1S/C10H11ClO3/c1-4-6-9(12)14-10(13)8(5-2)7(3)11/h4-5,8H,1-3,6H2. The Balaban J connectivity index is 4.31. The van der Waals surface area contributed by atoms with Crippen molar-refractivity contribution in [2.75, 3.05) is 0 Å². The first kappa shape index (κ1) is 12.7. The molecule has 3 nitrogen and oxygen atoms in total. The molecule has 1 unspecified atom stereocenters. The summed E-state index contributed by atoms with van der Waals surface area (Å²) in [6.45, 7) is 10.1. The van der Waals surface area contributed by atoms with Crippen LogP contribution in [0.2, 0.25) is 0 Å². The Morgan fingerprint density at radius 2 is 2.00 bits per heavy atom. The van der Waals surface area contributed by atoms with Crippen molar-refractivity contribution in [3.63, 3.8) is 0 Å². The minimum atomic E-state index is -0.856. The number of ether oxygens (including phenoxy) is 1. The van der Waals surface area contributed by atoms with Gasteiger partial charge in [-0.2, -0.15) is 0 Å². The summed E-state index contributed by atoms with van der Waals surface area (Å²) in [5, 5.41) is 0.0661. The number of carbonyl (C=O) groups is 2. The topological polar surface area (TPSA) is 43.4 Å². The maximum Gasteiger partial charge on any atom is 0.325 e. The predicted molar refractivity (Wildman–Crippen MR) is 54.6 cm³/mol. The Labute approximate surface area is 87.7 Å². The molecule has 0 aromatic heterocycles. The van der Waals surface area contributed by atoms with E-state index in [2.05, 4.69) is 24.5 Å². The predicted octanol–water partition coefficient (Wildman–Crippen LogP) is 2.19. The second-order valence-corrected chi connectivity index (χ2v) is 2.93. The summed E-state index contributed by atoms with van der Waals surface area (Å²) in [5.74, 6) is -2.30. The van der Waals surface area contributed by atoms with Gasteiger partial charge in [0.25, 0.3) is 0 Å². The van der Waals surface area contributed by atoms with Gasteiger partial charge in [-0.25, -0.2) is 0 Å². The van der Waals surface area contributed by atoms with E-state index in [4.69, 9.17) is 11.6 Å². The minimum Gasteiger partial charge on any atom is -0.392 e. The first-order valence-corrected chi connectivity index (χ1v) is 4.23. The fourth-order valence-corrected chi connectivity index (χ4v) is 0.865. The molecule has 0 aliphatic carbocycles. The number of halogens is 1. The Morgan fingerprint density at radius 1 is 1.43 bits per heavy atom. The van der Waals surface area contributed by atoms with Crippen molar-refractivity contribution < 1.29 is 14.3 Å². The second-order valence-electron chi connectivity index (χ2n) is 2.45. The molecular formula is C10H11ClO3. The smallest absolute Gasteiger partial charge is 0.325 e. The average Bonchev–Trinajstić information content (AvgIpc) is 2.04. The van der Waals surface area contributed by atoms with E-state index in [9.17, 15) is 9.59 Å². The van der Waals surface area contributed by atoms with E-state index >= 15 is 0 Å². The van der Waals surface area contributed by atoms with Gasteiger partial charge in [-0.05, 0) is 0 Å². The summed E-state index contributed by atoms with van der Waals surface area (Å²) in [6, 6.07) is 0. The zero-order chi connectivity index (χ0) is 11.1. The lowest BCUT2D eigenvalue weighted by Gasteiger charge is -2.08. The van der Waals surface area contributed by atoms with Gasteiger partial charge < -0.3 is 4.74 Å². The molecule has 0 N–H and O–H groups in total. The lowest BCUT2D eigenvalue weighted by atomic mass is 10.1. The van der Waals surface area contributed by atoms with Crippen LogP contribution < -0.4 is 0 Å². The normalized spacial score (nSPS) is 11.2. The molecule has 0 aliphatic heterocycles. The Bertz CT molecular complexity index is 281. The quantitative estimate of drug-likeness (QED) is 0.400. The van der Waals surface area contributed by atoms with Gasteiger partial charge >= 0.3 is 11.9 Å². The molecule has 0 heterocycles. The fraction of sp³-hybridized carbons (Fsp3) is 0.200. The van der Waals surface area contributed by atoms with Crippen LogP contribution in [0, 0.1) is 5.92 Å². The van der Waals surface area contributed by atoms with E-state index in [-0.39, 0.29) is 11.5 Å². The number of esters is 2. The van der Waals surface area contributed by atoms with E-state index in [1.54, 1.807) is 0 Å². The van der Waals surface area contributed by atoms with Gasteiger partial charge in [0.2, 0.25) is 0 Å². The maximum atomic E-state index is 11.2. The molecular weight excluding hydrogens is 204 g/mol. The van der Waals surface area contributed by atoms with Gasteiger partial charge in [0, 0.05) is 5.03 Å². The highest BCUT2D eigenvalue weighted by Gasteiger charge is 2.20. The summed E-state index contributed by atoms with van der Waals surface area (Å²) >= 11 is 5.50. The summed E-state index contributed by atoms with van der Waals surface area (Å²) in [4.78, 5) is 22.1. The molecule has 0 saturated carbocycles. The molecule has 0 rings (SSSR count). The number of hydrogen-bond acceptors (Lipinski definition) is 3. The fourth-order valence-electron chi connectivity index (χ4n) is 0.687. The van der Waals surface area contributed by atoms with E-state index in [0.29, 0.717) is 0 Å². The largest absolute Gasteiger partial charge is 0.392 e. The SMILES string of the molecule is C=CCC(=O)OC(=O)C(C=C)C(=C)Cl. The molecule has 0 saturated heterocycles. The molecule has 0 amide bonds. The number of rotatable bonds is 5. The second kappa shape index (κ2) is 6.16. The molecule has 4 heteroatoms. The van der Waals surface area contributed by atoms with Crippen molar-refractivity contribution in [2.45, 2.75) is 6.42 Å². The molecule has 0 bridgehead atoms. The Hall–Kier alpha value is -1.35. The Morgan fingerprint density at radius 3 is 2.36 bits per heavy atom. The third kappa shape index (κ3) is 4.05. The van der Waals surface area contributed by atoms with Crippen LogP contribution in [0.1, 0.15) is 6.42 Å². The van der Waals surface area contributed by atoms with Crippen molar-refractivity contribution in [1.29, 1.82) is 0 Å².